The highest BCUT2D eigenvalue weighted by molar-refractivity contribution is 9.10. The molecule has 6 heteroatoms. The molecule has 0 saturated carbocycles. The van der Waals surface area contributed by atoms with Crippen molar-refractivity contribution in [2.24, 2.45) is 5.92 Å². The summed E-state index contributed by atoms with van der Waals surface area (Å²) >= 11 is 3.33. The fourth-order valence-electron chi connectivity index (χ4n) is 2.61. The first kappa shape index (κ1) is 15.9. The monoisotopic (exact) mass is 360 g/mol. The molecule has 1 heterocycles. The SMILES string of the molecule is Cc1ccc(Br)cc1S(=O)(=O)NCC1CCCN(C)C1. The molecule has 0 radical (unpaired) electrons. The number of aryl methyl sites for hydroxylation is 1. The topological polar surface area (TPSA) is 49.4 Å². The Morgan fingerprint density at radius 1 is 1.45 bits per heavy atom. The van der Waals surface area contributed by atoms with Crippen molar-refractivity contribution in [3.8, 4) is 0 Å². The summed E-state index contributed by atoms with van der Waals surface area (Å²) in [5.41, 5.74) is 0.765. The van der Waals surface area contributed by atoms with Crippen molar-refractivity contribution in [2.45, 2.75) is 24.7 Å². The summed E-state index contributed by atoms with van der Waals surface area (Å²) in [6, 6.07) is 5.32. The predicted octanol–water partition coefficient (Wildman–Crippen LogP) is 2.38. The first-order chi connectivity index (χ1) is 9.38. The Kier molecular flexibility index (Phi) is 5.23. The molecule has 0 amide bonds. The third-order valence-corrected chi connectivity index (χ3v) is 5.78. The summed E-state index contributed by atoms with van der Waals surface area (Å²) in [7, 11) is -1.35. The molecule has 0 spiro atoms. The number of sulfonamides is 1. The van der Waals surface area contributed by atoms with Crippen LogP contribution in [-0.4, -0.2) is 40.0 Å². The van der Waals surface area contributed by atoms with Gasteiger partial charge in [-0.1, -0.05) is 22.0 Å². The van der Waals surface area contributed by atoms with Crippen LogP contribution in [0.5, 0.6) is 0 Å². The molecule has 1 unspecified atom stereocenters. The third-order valence-electron chi connectivity index (χ3n) is 3.72. The minimum atomic E-state index is -3.43. The molecular weight excluding hydrogens is 340 g/mol. The van der Waals surface area contributed by atoms with Gasteiger partial charge in [0, 0.05) is 17.6 Å². The zero-order valence-corrected chi connectivity index (χ0v) is 14.3. The Bertz CT molecular complexity index is 575. The average molecular weight is 361 g/mol. The summed E-state index contributed by atoms with van der Waals surface area (Å²) in [6.07, 6.45) is 2.23. The van der Waals surface area contributed by atoms with E-state index in [1.54, 1.807) is 6.07 Å². The van der Waals surface area contributed by atoms with Gasteiger partial charge in [-0.05, 0) is 57.0 Å². The van der Waals surface area contributed by atoms with Crippen LogP contribution in [0.2, 0.25) is 0 Å². The molecule has 112 valence electrons. The Morgan fingerprint density at radius 3 is 2.90 bits per heavy atom. The standard InChI is InChI=1S/C14H21BrN2O2S/c1-11-5-6-13(15)8-14(11)20(18,19)16-9-12-4-3-7-17(2)10-12/h5-6,8,12,16H,3-4,7,9-10H2,1-2H3. The van der Waals surface area contributed by atoms with E-state index in [2.05, 4.69) is 32.6 Å². The Labute approximate surface area is 129 Å². The van der Waals surface area contributed by atoms with Crippen molar-refractivity contribution in [3.63, 3.8) is 0 Å². The Morgan fingerprint density at radius 2 is 2.20 bits per heavy atom. The second kappa shape index (κ2) is 6.56. The zero-order chi connectivity index (χ0) is 14.8. The van der Waals surface area contributed by atoms with Gasteiger partial charge in [0.15, 0.2) is 0 Å². The van der Waals surface area contributed by atoms with Gasteiger partial charge in [0.25, 0.3) is 0 Å². The fourth-order valence-corrected chi connectivity index (χ4v) is 4.51. The number of hydrogen-bond donors (Lipinski definition) is 1. The van der Waals surface area contributed by atoms with Gasteiger partial charge >= 0.3 is 0 Å². The summed E-state index contributed by atoms with van der Waals surface area (Å²) < 4.78 is 28.3. The second-order valence-electron chi connectivity index (χ2n) is 5.53. The zero-order valence-electron chi connectivity index (χ0n) is 11.9. The van der Waals surface area contributed by atoms with Crippen LogP contribution in [0, 0.1) is 12.8 Å². The predicted molar refractivity (Wildman–Crippen MR) is 84.3 cm³/mol. The maximum Gasteiger partial charge on any atom is 0.240 e. The van der Waals surface area contributed by atoms with E-state index in [-0.39, 0.29) is 0 Å². The first-order valence-electron chi connectivity index (χ1n) is 6.83. The lowest BCUT2D eigenvalue weighted by atomic mass is 9.99. The maximum absolute atomic E-state index is 12.4. The van der Waals surface area contributed by atoms with Crippen molar-refractivity contribution in [1.82, 2.24) is 9.62 Å². The van der Waals surface area contributed by atoms with E-state index in [1.165, 1.54) is 0 Å². The van der Waals surface area contributed by atoms with Crippen molar-refractivity contribution < 1.29 is 8.42 Å². The van der Waals surface area contributed by atoms with Crippen molar-refractivity contribution in [2.75, 3.05) is 26.7 Å². The smallest absolute Gasteiger partial charge is 0.240 e. The molecule has 20 heavy (non-hydrogen) atoms. The second-order valence-corrected chi connectivity index (χ2v) is 8.18. The molecule has 4 nitrogen and oxygen atoms in total. The van der Waals surface area contributed by atoms with Crippen LogP contribution in [0.1, 0.15) is 18.4 Å². The minimum absolute atomic E-state index is 0.357. The van der Waals surface area contributed by atoms with Gasteiger partial charge in [0.05, 0.1) is 4.90 Å². The van der Waals surface area contributed by atoms with Crippen LogP contribution in [0.25, 0.3) is 0 Å². The molecule has 0 aromatic heterocycles. The molecule has 2 rings (SSSR count). The van der Waals surface area contributed by atoms with Gasteiger partial charge in [0.1, 0.15) is 0 Å². The molecule has 1 aromatic carbocycles. The number of hydrogen-bond acceptors (Lipinski definition) is 3. The average Bonchev–Trinajstić information content (AvgIpc) is 2.39. The lowest BCUT2D eigenvalue weighted by molar-refractivity contribution is 0.211. The van der Waals surface area contributed by atoms with E-state index < -0.39 is 10.0 Å². The van der Waals surface area contributed by atoms with Crippen LogP contribution in [-0.2, 0) is 10.0 Å². The normalized spacial score (nSPS) is 21.1. The van der Waals surface area contributed by atoms with E-state index in [0.29, 0.717) is 17.4 Å². The molecule has 0 bridgehead atoms. The molecule has 1 aliphatic heterocycles. The summed E-state index contributed by atoms with van der Waals surface area (Å²) in [4.78, 5) is 2.61. The van der Waals surface area contributed by atoms with Gasteiger partial charge in [-0.2, -0.15) is 0 Å². The highest BCUT2D eigenvalue weighted by Gasteiger charge is 2.22. The Balaban J connectivity index is 2.05. The highest BCUT2D eigenvalue weighted by Crippen LogP contribution is 2.21. The summed E-state index contributed by atoms with van der Waals surface area (Å²) in [5, 5.41) is 0. The van der Waals surface area contributed by atoms with Crippen LogP contribution in [0.3, 0.4) is 0 Å². The van der Waals surface area contributed by atoms with E-state index in [1.807, 2.05) is 19.1 Å². The van der Waals surface area contributed by atoms with Gasteiger partial charge in [-0.25, -0.2) is 13.1 Å². The molecule has 1 aliphatic rings. The van der Waals surface area contributed by atoms with E-state index in [0.717, 1.165) is 36.0 Å². The quantitative estimate of drug-likeness (QED) is 0.896. The van der Waals surface area contributed by atoms with Gasteiger partial charge in [-0.3, -0.25) is 0 Å². The number of likely N-dealkylation sites (tertiary alicyclic amines) is 1. The number of benzene rings is 1. The van der Waals surface area contributed by atoms with E-state index in [4.69, 9.17) is 0 Å². The molecular formula is C14H21BrN2O2S. The molecule has 1 aromatic rings. The van der Waals surface area contributed by atoms with E-state index in [9.17, 15) is 8.42 Å². The van der Waals surface area contributed by atoms with Gasteiger partial charge < -0.3 is 4.90 Å². The summed E-state index contributed by atoms with van der Waals surface area (Å²) in [5.74, 6) is 0.399. The largest absolute Gasteiger partial charge is 0.306 e. The number of rotatable bonds is 4. The maximum atomic E-state index is 12.4. The number of nitrogens with zero attached hydrogens (tertiary/aromatic N) is 1. The summed E-state index contributed by atoms with van der Waals surface area (Å²) in [6.45, 7) is 4.39. The van der Waals surface area contributed by atoms with Gasteiger partial charge in [-0.15, -0.1) is 0 Å². The molecule has 1 fully saturated rings. The van der Waals surface area contributed by atoms with Crippen LogP contribution in [0.4, 0.5) is 0 Å². The molecule has 1 atom stereocenters. The lowest BCUT2D eigenvalue weighted by Crippen LogP contribution is -2.39. The fraction of sp³-hybridized carbons (Fsp3) is 0.571. The van der Waals surface area contributed by atoms with Crippen LogP contribution in [0.15, 0.2) is 27.6 Å². The van der Waals surface area contributed by atoms with E-state index >= 15 is 0 Å². The van der Waals surface area contributed by atoms with Crippen molar-refractivity contribution in [3.05, 3.63) is 28.2 Å². The lowest BCUT2D eigenvalue weighted by Gasteiger charge is -2.29. The molecule has 0 aliphatic carbocycles. The van der Waals surface area contributed by atoms with Crippen LogP contribution < -0.4 is 4.72 Å². The third kappa shape index (κ3) is 4.04. The first-order valence-corrected chi connectivity index (χ1v) is 9.10. The minimum Gasteiger partial charge on any atom is -0.306 e. The van der Waals surface area contributed by atoms with Crippen molar-refractivity contribution in [1.29, 1.82) is 0 Å². The van der Waals surface area contributed by atoms with Gasteiger partial charge in [0.2, 0.25) is 10.0 Å². The van der Waals surface area contributed by atoms with Crippen molar-refractivity contribution >= 4 is 26.0 Å². The van der Waals surface area contributed by atoms with Crippen LogP contribution >= 0.6 is 15.9 Å². The number of halogens is 1. The Hall–Kier alpha value is -0.430. The number of piperidine rings is 1. The highest BCUT2D eigenvalue weighted by atomic mass is 79.9. The molecule has 1 saturated heterocycles. The number of nitrogens with one attached hydrogen (secondary N) is 1. The molecule has 1 N–H and O–H groups in total.